The molecular formula is C11H17NO3. The van der Waals surface area contributed by atoms with Crippen molar-refractivity contribution in [2.75, 3.05) is 13.1 Å². The molecule has 0 saturated carbocycles. The van der Waals surface area contributed by atoms with Gasteiger partial charge < -0.3 is 9.64 Å². The van der Waals surface area contributed by atoms with Crippen LogP contribution in [0.2, 0.25) is 0 Å². The average molecular weight is 211 g/mol. The van der Waals surface area contributed by atoms with Crippen molar-refractivity contribution >= 4 is 11.9 Å². The summed E-state index contributed by atoms with van der Waals surface area (Å²) in [7, 11) is 0. The van der Waals surface area contributed by atoms with E-state index in [1.165, 1.54) is 11.8 Å². The molecule has 1 amide bonds. The SMILES string of the molecule is CC(=O)C1=CCN(C(=O)OC(C)(C)C)C1. The first kappa shape index (κ1) is 11.8. The van der Waals surface area contributed by atoms with Gasteiger partial charge in [-0.25, -0.2) is 4.79 Å². The summed E-state index contributed by atoms with van der Waals surface area (Å²) in [6.45, 7) is 7.79. The first-order valence-corrected chi connectivity index (χ1v) is 4.97. The minimum absolute atomic E-state index is 0.0149. The lowest BCUT2D eigenvalue weighted by molar-refractivity contribution is -0.113. The molecule has 0 N–H and O–H groups in total. The van der Waals surface area contributed by atoms with Gasteiger partial charge in [0.15, 0.2) is 5.78 Å². The Labute approximate surface area is 89.9 Å². The summed E-state index contributed by atoms with van der Waals surface area (Å²) in [6.07, 6.45) is 1.40. The van der Waals surface area contributed by atoms with Crippen LogP contribution in [0.5, 0.6) is 0 Å². The maximum absolute atomic E-state index is 11.6. The molecular weight excluding hydrogens is 194 g/mol. The quantitative estimate of drug-likeness (QED) is 0.663. The highest BCUT2D eigenvalue weighted by atomic mass is 16.6. The van der Waals surface area contributed by atoms with Gasteiger partial charge in [-0.3, -0.25) is 4.79 Å². The van der Waals surface area contributed by atoms with Crippen LogP contribution in [-0.4, -0.2) is 35.5 Å². The zero-order valence-electron chi connectivity index (χ0n) is 9.66. The molecule has 0 bridgehead atoms. The Morgan fingerprint density at radius 2 is 2.00 bits per heavy atom. The van der Waals surface area contributed by atoms with Crippen LogP contribution in [-0.2, 0) is 9.53 Å². The van der Waals surface area contributed by atoms with E-state index in [1.54, 1.807) is 6.08 Å². The van der Waals surface area contributed by atoms with Gasteiger partial charge >= 0.3 is 6.09 Å². The number of hydrogen-bond donors (Lipinski definition) is 0. The van der Waals surface area contributed by atoms with E-state index in [4.69, 9.17) is 4.74 Å². The molecule has 84 valence electrons. The van der Waals surface area contributed by atoms with Crippen LogP contribution in [0.25, 0.3) is 0 Å². The highest BCUT2D eigenvalue weighted by molar-refractivity contribution is 5.95. The number of rotatable bonds is 1. The predicted molar refractivity (Wildman–Crippen MR) is 56.6 cm³/mol. The van der Waals surface area contributed by atoms with Crippen LogP contribution in [0, 0.1) is 0 Å². The first-order chi connectivity index (χ1) is 6.79. The van der Waals surface area contributed by atoms with E-state index in [9.17, 15) is 9.59 Å². The molecule has 1 aliphatic rings. The number of ether oxygens (including phenoxy) is 1. The standard InChI is InChI=1S/C11H17NO3/c1-8(13)9-5-6-12(7-9)10(14)15-11(2,3)4/h5H,6-7H2,1-4H3. The van der Waals surface area contributed by atoms with Crippen LogP contribution in [0.15, 0.2) is 11.6 Å². The molecule has 4 nitrogen and oxygen atoms in total. The second kappa shape index (κ2) is 4.04. The van der Waals surface area contributed by atoms with Gasteiger partial charge in [-0.1, -0.05) is 6.08 Å². The molecule has 1 rings (SSSR count). The Balaban J connectivity index is 2.50. The normalized spacial score (nSPS) is 16.3. The molecule has 0 aromatic heterocycles. The first-order valence-electron chi connectivity index (χ1n) is 4.97. The predicted octanol–water partition coefficient (Wildman–Crippen LogP) is 1.75. The Morgan fingerprint density at radius 3 is 2.40 bits per heavy atom. The Bertz CT molecular complexity index is 312. The summed E-state index contributed by atoms with van der Waals surface area (Å²) < 4.78 is 5.19. The van der Waals surface area contributed by atoms with Crippen LogP contribution in [0.3, 0.4) is 0 Å². The van der Waals surface area contributed by atoms with Crippen molar-refractivity contribution in [3.63, 3.8) is 0 Å². The molecule has 0 aromatic carbocycles. The van der Waals surface area contributed by atoms with Gasteiger partial charge in [0, 0.05) is 12.1 Å². The van der Waals surface area contributed by atoms with Crippen LogP contribution >= 0.6 is 0 Å². The van der Waals surface area contributed by atoms with Crippen LogP contribution < -0.4 is 0 Å². The molecule has 0 spiro atoms. The Hall–Kier alpha value is -1.32. The molecule has 0 unspecified atom stereocenters. The third-order valence-corrected chi connectivity index (χ3v) is 2.02. The lowest BCUT2D eigenvalue weighted by Gasteiger charge is -2.24. The maximum atomic E-state index is 11.6. The Kier molecular flexibility index (Phi) is 3.17. The van der Waals surface area contributed by atoms with Gasteiger partial charge in [-0.15, -0.1) is 0 Å². The summed E-state index contributed by atoms with van der Waals surface area (Å²) >= 11 is 0. The zero-order chi connectivity index (χ0) is 11.6. The smallest absolute Gasteiger partial charge is 0.410 e. The summed E-state index contributed by atoms with van der Waals surface area (Å²) in [5, 5.41) is 0. The number of hydrogen-bond acceptors (Lipinski definition) is 3. The van der Waals surface area contributed by atoms with Crippen LogP contribution in [0.1, 0.15) is 27.7 Å². The Morgan fingerprint density at radius 1 is 1.40 bits per heavy atom. The second-order valence-electron chi connectivity index (χ2n) is 4.65. The fourth-order valence-corrected chi connectivity index (χ4v) is 1.28. The minimum atomic E-state index is -0.490. The number of nitrogens with zero attached hydrogens (tertiary/aromatic N) is 1. The molecule has 1 aliphatic heterocycles. The maximum Gasteiger partial charge on any atom is 0.410 e. The molecule has 15 heavy (non-hydrogen) atoms. The number of carbonyl (C=O) groups is 2. The summed E-state index contributed by atoms with van der Waals surface area (Å²) in [5.74, 6) is 0.0149. The molecule has 0 atom stereocenters. The summed E-state index contributed by atoms with van der Waals surface area (Å²) in [6, 6.07) is 0. The molecule has 0 aromatic rings. The van der Waals surface area contributed by atoms with Crippen molar-refractivity contribution in [3.8, 4) is 0 Å². The van der Waals surface area contributed by atoms with E-state index < -0.39 is 5.60 Å². The molecule has 1 heterocycles. The monoisotopic (exact) mass is 211 g/mol. The number of ketones is 1. The molecule has 0 saturated heterocycles. The fourth-order valence-electron chi connectivity index (χ4n) is 1.28. The van der Waals surface area contributed by atoms with Crippen molar-refractivity contribution in [3.05, 3.63) is 11.6 Å². The van der Waals surface area contributed by atoms with Crippen molar-refractivity contribution in [2.45, 2.75) is 33.3 Å². The van der Waals surface area contributed by atoms with Crippen molar-refractivity contribution < 1.29 is 14.3 Å². The highest BCUT2D eigenvalue weighted by Gasteiger charge is 2.26. The van der Waals surface area contributed by atoms with Gasteiger partial charge in [0.25, 0.3) is 0 Å². The summed E-state index contributed by atoms with van der Waals surface area (Å²) in [4.78, 5) is 24.2. The largest absolute Gasteiger partial charge is 0.444 e. The summed E-state index contributed by atoms with van der Waals surface area (Å²) in [5.41, 5.74) is 0.191. The minimum Gasteiger partial charge on any atom is -0.444 e. The fraction of sp³-hybridized carbons (Fsp3) is 0.636. The van der Waals surface area contributed by atoms with Gasteiger partial charge in [-0.2, -0.15) is 0 Å². The average Bonchev–Trinajstić information content (AvgIpc) is 2.47. The highest BCUT2D eigenvalue weighted by Crippen LogP contribution is 2.15. The van der Waals surface area contributed by atoms with Gasteiger partial charge in [-0.05, 0) is 27.7 Å². The number of amides is 1. The van der Waals surface area contributed by atoms with Crippen LogP contribution in [0.4, 0.5) is 4.79 Å². The molecule has 0 fully saturated rings. The molecule has 4 heteroatoms. The third-order valence-electron chi connectivity index (χ3n) is 2.02. The van der Waals surface area contributed by atoms with Crippen molar-refractivity contribution in [1.29, 1.82) is 0 Å². The van der Waals surface area contributed by atoms with E-state index >= 15 is 0 Å². The zero-order valence-corrected chi connectivity index (χ0v) is 9.66. The van der Waals surface area contributed by atoms with Gasteiger partial charge in [0.2, 0.25) is 0 Å². The second-order valence-corrected chi connectivity index (χ2v) is 4.65. The van der Waals surface area contributed by atoms with Crippen molar-refractivity contribution in [1.82, 2.24) is 4.90 Å². The van der Waals surface area contributed by atoms with E-state index in [-0.39, 0.29) is 11.9 Å². The van der Waals surface area contributed by atoms with E-state index in [1.807, 2.05) is 20.8 Å². The number of carbonyl (C=O) groups excluding carboxylic acids is 2. The third kappa shape index (κ3) is 3.38. The van der Waals surface area contributed by atoms with Crippen molar-refractivity contribution in [2.24, 2.45) is 0 Å². The topological polar surface area (TPSA) is 46.6 Å². The lowest BCUT2D eigenvalue weighted by atomic mass is 10.2. The molecule has 0 aliphatic carbocycles. The lowest BCUT2D eigenvalue weighted by Crippen LogP contribution is -2.35. The van der Waals surface area contributed by atoms with E-state index in [0.717, 1.165) is 0 Å². The van der Waals surface area contributed by atoms with E-state index in [2.05, 4.69) is 0 Å². The molecule has 0 radical (unpaired) electrons. The van der Waals surface area contributed by atoms with E-state index in [0.29, 0.717) is 18.7 Å². The van der Waals surface area contributed by atoms with Gasteiger partial charge in [0.1, 0.15) is 5.60 Å². The van der Waals surface area contributed by atoms with Gasteiger partial charge in [0.05, 0.1) is 6.54 Å². The number of Topliss-reactive ketones (excluding diaryl/α,β-unsaturated/α-hetero) is 1.